The number of benzene rings is 3. The topological polar surface area (TPSA) is 90.0 Å². The molecule has 0 saturated carbocycles. The van der Waals surface area contributed by atoms with Gasteiger partial charge < -0.3 is 20.2 Å². The zero-order valence-electron chi connectivity index (χ0n) is 27.6. The number of likely N-dealkylation sites (N-methyl/N-ethyl adjacent to an activating group) is 1. The Labute approximate surface area is 276 Å². The Kier molecular flexibility index (Phi) is 10.0. The highest BCUT2D eigenvalue weighted by atomic mass is 16.4. The molecular formula is C40H45N3O4. The van der Waals surface area contributed by atoms with Crippen LogP contribution in [0.1, 0.15) is 71.1 Å². The summed E-state index contributed by atoms with van der Waals surface area (Å²) < 4.78 is 0. The highest BCUT2D eigenvalue weighted by molar-refractivity contribution is 6.02. The van der Waals surface area contributed by atoms with Crippen LogP contribution >= 0.6 is 0 Å². The van der Waals surface area contributed by atoms with Crippen LogP contribution in [0.25, 0.3) is 18.2 Å². The van der Waals surface area contributed by atoms with E-state index in [2.05, 4.69) is 41.7 Å². The van der Waals surface area contributed by atoms with Crippen LogP contribution in [0.3, 0.4) is 0 Å². The average Bonchev–Trinajstić information content (AvgIpc) is 3.21. The van der Waals surface area contributed by atoms with Crippen LogP contribution in [-0.4, -0.2) is 66.4 Å². The summed E-state index contributed by atoms with van der Waals surface area (Å²) in [5.41, 5.74) is 6.13. The Bertz CT molecular complexity index is 1940. The van der Waals surface area contributed by atoms with E-state index in [1.54, 1.807) is 18.0 Å². The molecule has 0 spiro atoms. The van der Waals surface area contributed by atoms with Crippen LogP contribution in [0, 0.1) is 16.4 Å². The van der Waals surface area contributed by atoms with E-state index in [-0.39, 0.29) is 18.2 Å². The van der Waals surface area contributed by atoms with Gasteiger partial charge in [0.15, 0.2) is 0 Å². The number of carboxylic acids is 1. The Balaban J connectivity index is 0.000000193. The molecule has 3 aromatic rings. The van der Waals surface area contributed by atoms with E-state index in [0.29, 0.717) is 12.1 Å². The first-order valence-electron chi connectivity index (χ1n) is 17.0. The second kappa shape index (κ2) is 14.5. The minimum atomic E-state index is -0.989. The lowest BCUT2D eigenvalue weighted by atomic mass is 9.88. The second-order valence-electron chi connectivity index (χ2n) is 13.2. The largest absolute Gasteiger partial charge is 0.481 e. The van der Waals surface area contributed by atoms with Crippen molar-refractivity contribution in [1.82, 2.24) is 15.1 Å². The van der Waals surface area contributed by atoms with Gasteiger partial charge in [-0.3, -0.25) is 14.4 Å². The number of hydrogen-bond donors (Lipinski definition) is 2. The minimum absolute atomic E-state index is 0.159. The summed E-state index contributed by atoms with van der Waals surface area (Å²) in [5.74, 6) is -0.305. The van der Waals surface area contributed by atoms with E-state index < -0.39 is 5.97 Å². The molecule has 244 valence electrons. The van der Waals surface area contributed by atoms with E-state index >= 15 is 0 Å². The molecule has 2 heterocycles. The Morgan fingerprint density at radius 2 is 1.79 bits per heavy atom. The molecule has 1 fully saturated rings. The third kappa shape index (κ3) is 7.25. The molecule has 47 heavy (non-hydrogen) atoms. The van der Waals surface area contributed by atoms with Crippen molar-refractivity contribution in [2.24, 2.45) is 5.92 Å². The van der Waals surface area contributed by atoms with Crippen molar-refractivity contribution in [2.45, 2.75) is 57.9 Å². The number of fused-ring (bicyclic) bond motifs is 5. The first kappa shape index (κ1) is 32.5. The first-order chi connectivity index (χ1) is 22.8. The van der Waals surface area contributed by atoms with Gasteiger partial charge in [-0.2, -0.15) is 0 Å². The van der Waals surface area contributed by atoms with Crippen molar-refractivity contribution >= 4 is 36.0 Å². The number of aliphatic carboxylic acids is 1. The van der Waals surface area contributed by atoms with Gasteiger partial charge in [0.25, 0.3) is 5.91 Å². The second-order valence-corrected chi connectivity index (χ2v) is 13.2. The van der Waals surface area contributed by atoms with E-state index in [0.717, 1.165) is 60.3 Å². The lowest BCUT2D eigenvalue weighted by Gasteiger charge is -2.25. The first-order valence-corrected chi connectivity index (χ1v) is 17.0. The molecule has 7 nitrogen and oxygen atoms in total. The number of amides is 2. The fourth-order valence-corrected chi connectivity index (χ4v) is 7.41. The van der Waals surface area contributed by atoms with Gasteiger partial charge in [0.1, 0.15) is 0 Å². The minimum Gasteiger partial charge on any atom is -0.481 e. The zero-order chi connectivity index (χ0) is 32.9. The number of hydrogen-bond acceptors (Lipinski definition) is 4. The van der Waals surface area contributed by atoms with Crippen molar-refractivity contribution < 1.29 is 19.5 Å². The molecule has 0 unspecified atom stereocenters. The maximum absolute atomic E-state index is 13.3. The van der Waals surface area contributed by atoms with Crippen LogP contribution in [0.2, 0.25) is 0 Å². The Morgan fingerprint density at radius 3 is 2.60 bits per heavy atom. The molecule has 7 rings (SSSR count). The molecule has 7 heteroatoms. The monoisotopic (exact) mass is 631 g/mol. The number of carboxylic acid groups (broad SMARTS) is 1. The lowest BCUT2D eigenvalue weighted by Crippen LogP contribution is -2.35. The number of piperidine rings is 1. The molecule has 0 radical (unpaired) electrons. The zero-order valence-corrected chi connectivity index (χ0v) is 27.6. The standard InChI is InChI=1S/C27H32N2O.C13H13NO3/c1-29(18-15-19-13-16-28-17-14-19)27(30)26-8-4-7-22-24-10-9-20-5-2-3-6-21(20)23(24)11-12-25(22)26;1-14-8-10-5-3-2-4-9(10)6-11(13(14)17)7-12(15)16/h4-5,7-10,12,19,28H,2-3,6,11,13-18H2,1H3;2-6H,7-8H2,1H3,(H,15,16). The summed E-state index contributed by atoms with van der Waals surface area (Å²) in [6.45, 7) is 3.58. The average molecular weight is 632 g/mol. The third-order valence-electron chi connectivity index (χ3n) is 10.0. The van der Waals surface area contributed by atoms with Crippen molar-refractivity contribution in [3.05, 3.63) is 109 Å². The summed E-state index contributed by atoms with van der Waals surface area (Å²) in [6, 6.07) is 18.4. The highest BCUT2D eigenvalue weighted by Crippen LogP contribution is 2.23. The molecule has 0 aromatic heterocycles. The summed E-state index contributed by atoms with van der Waals surface area (Å²) >= 11 is 0. The molecular weight excluding hydrogens is 586 g/mol. The van der Waals surface area contributed by atoms with Gasteiger partial charge in [0, 0.05) is 38.3 Å². The van der Waals surface area contributed by atoms with E-state index in [9.17, 15) is 14.4 Å². The molecule has 0 bridgehead atoms. The van der Waals surface area contributed by atoms with E-state index in [4.69, 9.17) is 5.11 Å². The summed E-state index contributed by atoms with van der Waals surface area (Å²) in [5, 5.41) is 17.3. The Hall–Kier alpha value is -4.49. The van der Waals surface area contributed by atoms with Crippen molar-refractivity contribution in [1.29, 1.82) is 0 Å². The van der Waals surface area contributed by atoms with Gasteiger partial charge in [-0.15, -0.1) is 0 Å². The molecule has 2 amide bonds. The number of nitrogens with one attached hydrogen (secondary N) is 1. The molecule has 0 atom stereocenters. The lowest BCUT2D eigenvalue weighted by molar-refractivity contribution is -0.137. The van der Waals surface area contributed by atoms with Gasteiger partial charge in [-0.25, -0.2) is 0 Å². The highest BCUT2D eigenvalue weighted by Gasteiger charge is 2.22. The van der Waals surface area contributed by atoms with Crippen LogP contribution in [-0.2, 0) is 29.0 Å². The Morgan fingerprint density at radius 1 is 0.979 bits per heavy atom. The van der Waals surface area contributed by atoms with Crippen LogP contribution in [0.5, 0.6) is 0 Å². The smallest absolute Gasteiger partial charge is 0.308 e. The summed E-state index contributed by atoms with van der Waals surface area (Å²) in [4.78, 5) is 39.5. The van der Waals surface area contributed by atoms with Crippen LogP contribution in [0.4, 0.5) is 0 Å². The fourth-order valence-electron chi connectivity index (χ4n) is 7.41. The van der Waals surface area contributed by atoms with Gasteiger partial charge in [-0.05, 0) is 119 Å². The van der Waals surface area contributed by atoms with Gasteiger partial charge >= 0.3 is 5.97 Å². The fraction of sp³-hybridized carbons (Fsp3) is 0.375. The maximum Gasteiger partial charge on any atom is 0.308 e. The van der Waals surface area contributed by atoms with Crippen molar-refractivity contribution in [3.63, 3.8) is 0 Å². The summed E-state index contributed by atoms with van der Waals surface area (Å²) in [6.07, 6.45) is 14.2. The van der Waals surface area contributed by atoms with Gasteiger partial charge in [-0.1, -0.05) is 60.7 Å². The molecule has 2 N–H and O–H groups in total. The number of nitrogens with zero attached hydrogens (tertiary/aromatic N) is 2. The normalized spacial score (nSPS) is 16.8. The number of carbonyl (C=O) groups excluding carboxylic acids is 2. The molecule has 1 saturated heterocycles. The number of rotatable bonds is 6. The molecule has 2 aliphatic heterocycles. The summed E-state index contributed by atoms with van der Waals surface area (Å²) in [7, 11) is 3.64. The maximum atomic E-state index is 13.3. The number of carbonyl (C=O) groups is 3. The van der Waals surface area contributed by atoms with Crippen LogP contribution < -0.4 is 15.8 Å². The third-order valence-corrected chi connectivity index (χ3v) is 10.0. The van der Waals surface area contributed by atoms with Crippen molar-refractivity contribution in [3.8, 4) is 0 Å². The molecule has 2 aliphatic carbocycles. The van der Waals surface area contributed by atoms with Crippen molar-refractivity contribution in [2.75, 3.05) is 33.7 Å². The van der Waals surface area contributed by atoms with E-state index in [1.807, 2.05) is 42.3 Å². The van der Waals surface area contributed by atoms with E-state index in [1.165, 1.54) is 58.9 Å². The predicted octanol–water partition coefficient (Wildman–Crippen LogP) is 4.41. The van der Waals surface area contributed by atoms with Crippen LogP contribution in [0.15, 0.2) is 60.2 Å². The van der Waals surface area contributed by atoms with Gasteiger partial charge in [0.05, 0.1) is 6.42 Å². The molecule has 4 aliphatic rings. The van der Waals surface area contributed by atoms with Gasteiger partial charge in [0.2, 0.25) is 5.91 Å². The molecule has 3 aromatic carbocycles. The SMILES string of the molecule is CN(CCC1CCNCC1)C(=O)c1cccc2c1=CCc1c3c(ccc1=2)=CCCC3.CN1Cc2ccccc2C=C(CC(=O)O)C1=O. The quantitative estimate of drug-likeness (QED) is 0.421. The predicted molar refractivity (Wildman–Crippen MR) is 186 cm³/mol.